The van der Waals surface area contributed by atoms with Gasteiger partial charge in [0.15, 0.2) is 0 Å². The molecule has 0 unspecified atom stereocenters. The SMILES string of the molecule is CCOc1ccc(S(=O)(=O)Nc2ccncc2[N+](=O)[O-])cn1. The molecule has 10 heteroatoms. The molecule has 0 aliphatic carbocycles. The van der Waals surface area contributed by atoms with Gasteiger partial charge in [0.1, 0.15) is 16.8 Å². The van der Waals surface area contributed by atoms with Gasteiger partial charge in [0.25, 0.3) is 10.0 Å². The zero-order chi connectivity index (χ0) is 16.2. The minimum absolute atomic E-state index is 0.137. The first-order chi connectivity index (χ1) is 10.4. The molecule has 116 valence electrons. The molecular formula is C12H12N4O5S. The third-order valence-electron chi connectivity index (χ3n) is 2.55. The molecule has 0 amide bonds. The fraction of sp³-hybridized carbons (Fsp3) is 0.167. The molecule has 0 radical (unpaired) electrons. The largest absolute Gasteiger partial charge is 0.478 e. The molecule has 9 nitrogen and oxygen atoms in total. The molecule has 0 aliphatic rings. The lowest BCUT2D eigenvalue weighted by Crippen LogP contribution is -2.14. The minimum Gasteiger partial charge on any atom is -0.478 e. The van der Waals surface area contributed by atoms with E-state index in [1.807, 2.05) is 0 Å². The van der Waals surface area contributed by atoms with E-state index in [0.29, 0.717) is 6.61 Å². The Morgan fingerprint density at radius 3 is 2.68 bits per heavy atom. The van der Waals surface area contributed by atoms with Gasteiger partial charge in [-0.15, -0.1) is 0 Å². The van der Waals surface area contributed by atoms with Crippen LogP contribution in [0, 0.1) is 10.1 Å². The van der Waals surface area contributed by atoms with Crippen LogP contribution in [0.5, 0.6) is 5.88 Å². The van der Waals surface area contributed by atoms with Gasteiger partial charge in [-0.2, -0.15) is 0 Å². The van der Waals surface area contributed by atoms with Gasteiger partial charge in [0.2, 0.25) is 5.88 Å². The number of rotatable bonds is 6. The number of anilines is 1. The van der Waals surface area contributed by atoms with Gasteiger partial charge < -0.3 is 4.74 Å². The summed E-state index contributed by atoms with van der Waals surface area (Å²) in [4.78, 5) is 17.4. The number of sulfonamides is 1. The molecule has 1 N–H and O–H groups in total. The van der Waals surface area contributed by atoms with Crippen LogP contribution in [-0.2, 0) is 10.0 Å². The first-order valence-corrected chi connectivity index (χ1v) is 7.62. The first-order valence-electron chi connectivity index (χ1n) is 6.14. The van der Waals surface area contributed by atoms with Crippen LogP contribution in [0.25, 0.3) is 0 Å². The van der Waals surface area contributed by atoms with Gasteiger partial charge in [0, 0.05) is 12.3 Å². The number of nitrogens with zero attached hydrogens (tertiary/aromatic N) is 3. The van der Waals surface area contributed by atoms with E-state index >= 15 is 0 Å². The van der Waals surface area contributed by atoms with Crippen LogP contribution < -0.4 is 9.46 Å². The van der Waals surface area contributed by atoms with Crippen molar-refractivity contribution in [2.75, 3.05) is 11.3 Å². The molecule has 0 spiro atoms. The lowest BCUT2D eigenvalue weighted by atomic mass is 10.4. The molecule has 0 atom stereocenters. The quantitative estimate of drug-likeness (QED) is 0.631. The molecule has 22 heavy (non-hydrogen) atoms. The summed E-state index contributed by atoms with van der Waals surface area (Å²) in [6.45, 7) is 2.18. The predicted octanol–water partition coefficient (Wildman–Crippen LogP) is 1.58. The van der Waals surface area contributed by atoms with Crippen molar-refractivity contribution in [3.05, 3.63) is 46.9 Å². The highest BCUT2D eigenvalue weighted by atomic mass is 32.2. The summed E-state index contributed by atoms with van der Waals surface area (Å²) in [6, 6.07) is 3.91. The average Bonchev–Trinajstić information content (AvgIpc) is 2.48. The van der Waals surface area contributed by atoms with Gasteiger partial charge in [-0.1, -0.05) is 0 Å². The standard InChI is InChI=1S/C12H12N4O5S/c1-2-21-12-4-3-9(7-14-12)22(19,20)15-10-5-6-13-8-11(10)16(17)18/h3-8H,2H2,1H3,(H,13,15). The van der Waals surface area contributed by atoms with Crippen molar-refractivity contribution in [2.24, 2.45) is 0 Å². The molecule has 2 heterocycles. The van der Waals surface area contributed by atoms with Gasteiger partial charge in [-0.25, -0.2) is 13.4 Å². The van der Waals surface area contributed by atoms with Crippen molar-refractivity contribution in [3.8, 4) is 5.88 Å². The number of hydrogen-bond acceptors (Lipinski definition) is 7. The second kappa shape index (κ2) is 6.35. The summed E-state index contributed by atoms with van der Waals surface area (Å²) >= 11 is 0. The highest BCUT2D eigenvalue weighted by molar-refractivity contribution is 7.92. The summed E-state index contributed by atoms with van der Waals surface area (Å²) in [5.41, 5.74) is -0.612. The molecule has 0 aromatic carbocycles. The van der Waals surface area contributed by atoms with E-state index in [1.54, 1.807) is 6.92 Å². The van der Waals surface area contributed by atoms with Crippen molar-refractivity contribution in [3.63, 3.8) is 0 Å². The molecule has 0 saturated carbocycles. The third-order valence-corrected chi connectivity index (χ3v) is 3.90. The van der Waals surface area contributed by atoms with Crippen LogP contribution in [0.2, 0.25) is 0 Å². The van der Waals surface area contributed by atoms with Gasteiger partial charge in [-0.3, -0.25) is 19.8 Å². The van der Waals surface area contributed by atoms with E-state index < -0.39 is 20.6 Å². The monoisotopic (exact) mass is 324 g/mol. The van der Waals surface area contributed by atoms with Gasteiger partial charge >= 0.3 is 5.69 Å². The Hall–Kier alpha value is -2.75. The van der Waals surface area contributed by atoms with E-state index in [0.717, 1.165) is 12.4 Å². The topological polar surface area (TPSA) is 124 Å². The Labute approximate surface area is 126 Å². The van der Waals surface area contributed by atoms with Crippen LogP contribution >= 0.6 is 0 Å². The Morgan fingerprint density at radius 2 is 2.09 bits per heavy atom. The highest BCUT2D eigenvalue weighted by Gasteiger charge is 2.21. The van der Waals surface area contributed by atoms with Crippen molar-refractivity contribution < 1.29 is 18.1 Å². The summed E-state index contributed by atoms with van der Waals surface area (Å²) in [6.07, 6.45) is 3.33. The molecule has 2 aromatic heterocycles. The lowest BCUT2D eigenvalue weighted by molar-refractivity contribution is -0.384. The lowest BCUT2D eigenvalue weighted by Gasteiger charge is -2.08. The van der Waals surface area contributed by atoms with Crippen LogP contribution in [0.4, 0.5) is 11.4 Å². The molecule has 0 saturated heterocycles. The zero-order valence-corrected chi connectivity index (χ0v) is 12.3. The van der Waals surface area contributed by atoms with Crippen LogP contribution in [-0.4, -0.2) is 29.9 Å². The number of aromatic nitrogens is 2. The van der Waals surface area contributed by atoms with E-state index in [9.17, 15) is 18.5 Å². The van der Waals surface area contributed by atoms with Crippen LogP contribution in [0.3, 0.4) is 0 Å². The van der Waals surface area contributed by atoms with Crippen molar-refractivity contribution in [1.29, 1.82) is 0 Å². The maximum Gasteiger partial charge on any atom is 0.311 e. The summed E-state index contributed by atoms with van der Waals surface area (Å²) in [7, 11) is -4.00. The van der Waals surface area contributed by atoms with Crippen LogP contribution in [0.15, 0.2) is 41.7 Å². The van der Waals surface area contributed by atoms with E-state index in [4.69, 9.17) is 4.74 Å². The maximum absolute atomic E-state index is 12.2. The summed E-state index contributed by atoms with van der Waals surface area (Å²) in [5.74, 6) is 0.288. The zero-order valence-electron chi connectivity index (χ0n) is 11.5. The predicted molar refractivity (Wildman–Crippen MR) is 77.1 cm³/mol. The Kier molecular flexibility index (Phi) is 4.51. The summed E-state index contributed by atoms with van der Waals surface area (Å²) < 4.78 is 31.7. The molecule has 2 rings (SSSR count). The number of ether oxygens (including phenoxy) is 1. The molecular weight excluding hydrogens is 312 g/mol. The normalized spacial score (nSPS) is 11.0. The number of pyridine rings is 2. The fourth-order valence-corrected chi connectivity index (χ4v) is 2.60. The van der Waals surface area contributed by atoms with Gasteiger partial charge in [-0.05, 0) is 19.1 Å². The first kappa shape index (κ1) is 15.6. The van der Waals surface area contributed by atoms with E-state index in [2.05, 4.69) is 14.7 Å². The molecule has 0 aliphatic heterocycles. The summed E-state index contributed by atoms with van der Waals surface area (Å²) in [5, 5.41) is 10.9. The van der Waals surface area contributed by atoms with Crippen molar-refractivity contribution in [2.45, 2.75) is 11.8 Å². The fourth-order valence-electron chi connectivity index (χ4n) is 1.58. The second-order valence-electron chi connectivity index (χ2n) is 4.02. The second-order valence-corrected chi connectivity index (χ2v) is 5.70. The molecule has 0 bridgehead atoms. The Morgan fingerprint density at radius 1 is 1.32 bits per heavy atom. The van der Waals surface area contributed by atoms with Gasteiger partial charge in [0.05, 0.1) is 17.7 Å². The van der Waals surface area contributed by atoms with Crippen molar-refractivity contribution in [1.82, 2.24) is 9.97 Å². The Balaban J connectivity index is 2.30. The number of nitro groups is 1. The third kappa shape index (κ3) is 3.47. The Bertz CT molecular complexity index is 776. The van der Waals surface area contributed by atoms with Crippen LogP contribution in [0.1, 0.15) is 6.92 Å². The van der Waals surface area contributed by atoms with E-state index in [1.165, 1.54) is 24.4 Å². The maximum atomic E-state index is 12.2. The number of nitrogens with one attached hydrogen (secondary N) is 1. The average molecular weight is 324 g/mol. The molecule has 0 fully saturated rings. The highest BCUT2D eigenvalue weighted by Crippen LogP contribution is 2.25. The molecule has 2 aromatic rings. The van der Waals surface area contributed by atoms with E-state index in [-0.39, 0.29) is 16.5 Å². The van der Waals surface area contributed by atoms with Crippen molar-refractivity contribution >= 4 is 21.4 Å². The smallest absolute Gasteiger partial charge is 0.311 e. The minimum atomic E-state index is -4.00. The number of hydrogen-bond donors (Lipinski definition) is 1.